The van der Waals surface area contributed by atoms with Crippen molar-refractivity contribution in [3.05, 3.63) is 22.7 Å². The summed E-state index contributed by atoms with van der Waals surface area (Å²) in [6, 6.07) is 5.06. The van der Waals surface area contributed by atoms with Crippen molar-refractivity contribution in [2.75, 3.05) is 19.8 Å². The van der Waals surface area contributed by atoms with Crippen LogP contribution in [-0.2, 0) is 14.8 Å². The van der Waals surface area contributed by atoms with Crippen LogP contribution in [0.5, 0.6) is 5.75 Å². The van der Waals surface area contributed by atoms with Crippen molar-refractivity contribution in [3.63, 3.8) is 0 Å². The minimum atomic E-state index is -3.65. The van der Waals surface area contributed by atoms with Crippen molar-refractivity contribution in [3.8, 4) is 5.75 Å². The zero-order chi connectivity index (χ0) is 17.1. The Labute approximate surface area is 146 Å². The Hall–Kier alpha value is -0.630. The molecule has 0 unspecified atom stereocenters. The molecule has 1 saturated heterocycles. The summed E-state index contributed by atoms with van der Waals surface area (Å²) >= 11 is 3.33. The van der Waals surface area contributed by atoms with E-state index in [9.17, 15) is 8.42 Å². The van der Waals surface area contributed by atoms with Gasteiger partial charge in [-0.3, -0.25) is 0 Å². The molecule has 1 aromatic carbocycles. The highest BCUT2D eigenvalue weighted by Gasteiger charge is 2.26. The quantitative estimate of drug-likeness (QED) is 0.815. The van der Waals surface area contributed by atoms with E-state index in [1.54, 1.807) is 18.2 Å². The molecule has 1 aromatic rings. The molecule has 1 aliphatic heterocycles. The summed E-state index contributed by atoms with van der Waals surface area (Å²) in [5.74, 6) is 0.787. The van der Waals surface area contributed by atoms with Gasteiger partial charge >= 0.3 is 0 Å². The molecule has 0 aliphatic carbocycles. The van der Waals surface area contributed by atoms with Gasteiger partial charge < -0.3 is 9.47 Å². The summed E-state index contributed by atoms with van der Waals surface area (Å²) in [5, 5.41) is 0. The number of hydrogen-bond donors (Lipinski definition) is 1. The first-order chi connectivity index (χ1) is 10.7. The van der Waals surface area contributed by atoms with Gasteiger partial charge in [0.1, 0.15) is 10.6 Å². The highest BCUT2D eigenvalue weighted by Crippen LogP contribution is 2.29. The average Bonchev–Trinajstić information content (AvgIpc) is 2.44. The molecular weight excluding hydrogens is 382 g/mol. The van der Waals surface area contributed by atoms with Crippen LogP contribution in [0.1, 0.15) is 33.6 Å². The maximum Gasteiger partial charge on any atom is 0.244 e. The van der Waals surface area contributed by atoms with Gasteiger partial charge in [0.25, 0.3) is 0 Å². The highest BCUT2D eigenvalue weighted by molar-refractivity contribution is 9.10. The molecule has 1 aliphatic rings. The van der Waals surface area contributed by atoms with Gasteiger partial charge in [0.05, 0.1) is 6.61 Å². The Morgan fingerprint density at radius 3 is 2.57 bits per heavy atom. The molecular formula is C16H24BrNO4S. The normalized spacial score (nSPS) is 17.2. The van der Waals surface area contributed by atoms with Crippen molar-refractivity contribution in [2.24, 2.45) is 5.92 Å². The van der Waals surface area contributed by atoms with E-state index in [0.717, 1.165) is 26.1 Å². The average molecular weight is 406 g/mol. The molecule has 1 fully saturated rings. The summed E-state index contributed by atoms with van der Waals surface area (Å²) < 4.78 is 39.8. The highest BCUT2D eigenvalue weighted by atomic mass is 79.9. The van der Waals surface area contributed by atoms with Gasteiger partial charge in [-0.05, 0) is 57.7 Å². The molecule has 0 saturated carbocycles. The minimum Gasteiger partial charge on any atom is -0.492 e. The Morgan fingerprint density at radius 2 is 1.96 bits per heavy atom. The van der Waals surface area contributed by atoms with Crippen LogP contribution in [0.3, 0.4) is 0 Å². The van der Waals surface area contributed by atoms with Gasteiger partial charge in [-0.25, -0.2) is 13.1 Å². The zero-order valence-corrected chi connectivity index (χ0v) is 16.2. The number of rotatable bonds is 5. The molecule has 1 N–H and O–H groups in total. The fraction of sp³-hybridized carbons (Fsp3) is 0.625. The lowest BCUT2D eigenvalue weighted by Gasteiger charge is -2.24. The predicted octanol–water partition coefficient (Wildman–Crippen LogP) is 3.33. The molecule has 0 spiro atoms. The molecule has 0 bridgehead atoms. The van der Waals surface area contributed by atoms with Gasteiger partial charge in [-0.1, -0.05) is 15.9 Å². The van der Waals surface area contributed by atoms with Crippen molar-refractivity contribution in [1.29, 1.82) is 0 Å². The number of halogens is 1. The molecule has 0 radical (unpaired) electrons. The second-order valence-corrected chi connectivity index (χ2v) is 9.38. The molecule has 0 atom stereocenters. The van der Waals surface area contributed by atoms with E-state index in [0.29, 0.717) is 22.7 Å². The van der Waals surface area contributed by atoms with E-state index in [-0.39, 0.29) is 4.90 Å². The van der Waals surface area contributed by atoms with Crippen molar-refractivity contribution < 1.29 is 17.9 Å². The first kappa shape index (κ1) is 18.7. The lowest BCUT2D eigenvalue weighted by Crippen LogP contribution is -2.40. The van der Waals surface area contributed by atoms with Crippen molar-refractivity contribution >= 4 is 26.0 Å². The van der Waals surface area contributed by atoms with E-state index in [1.165, 1.54) is 0 Å². The largest absolute Gasteiger partial charge is 0.492 e. The summed E-state index contributed by atoms with van der Waals surface area (Å²) in [4.78, 5) is 0.161. The van der Waals surface area contributed by atoms with Crippen LogP contribution in [-0.4, -0.2) is 33.8 Å². The van der Waals surface area contributed by atoms with Crippen LogP contribution in [0.4, 0.5) is 0 Å². The Bertz CT molecular complexity index is 634. The monoisotopic (exact) mass is 405 g/mol. The van der Waals surface area contributed by atoms with Gasteiger partial charge in [-0.2, -0.15) is 0 Å². The molecule has 130 valence electrons. The summed E-state index contributed by atoms with van der Waals surface area (Å²) in [6.07, 6.45) is 1.89. The molecule has 5 nitrogen and oxygen atoms in total. The van der Waals surface area contributed by atoms with Crippen LogP contribution >= 0.6 is 15.9 Å². The van der Waals surface area contributed by atoms with Crippen molar-refractivity contribution in [1.82, 2.24) is 4.72 Å². The number of ether oxygens (including phenoxy) is 2. The standard InChI is InChI=1S/C16H24BrNO4S/c1-16(2,3)18-23(19,20)15-10-13(17)4-5-14(15)22-11-12-6-8-21-9-7-12/h4-5,10,12,18H,6-9,11H2,1-3H3. The third kappa shape index (κ3) is 5.74. The molecule has 2 rings (SSSR count). The summed E-state index contributed by atoms with van der Waals surface area (Å²) in [7, 11) is -3.65. The van der Waals surface area contributed by atoms with Crippen LogP contribution in [0.2, 0.25) is 0 Å². The third-order valence-electron chi connectivity index (χ3n) is 3.45. The Balaban J connectivity index is 2.19. The van der Waals surface area contributed by atoms with Crippen LogP contribution < -0.4 is 9.46 Å². The summed E-state index contributed by atoms with van der Waals surface area (Å²) in [6.45, 7) is 7.42. The van der Waals surface area contributed by atoms with E-state index >= 15 is 0 Å². The molecule has 1 heterocycles. The van der Waals surface area contributed by atoms with Gasteiger partial charge in [-0.15, -0.1) is 0 Å². The molecule has 0 amide bonds. The summed E-state index contributed by atoms with van der Waals surface area (Å²) in [5.41, 5.74) is -0.556. The van der Waals surface area contributed by atoms with Gasteiger partial charge in [0, 0.05) is 23.2 Å². The number of nitrogens with one attached hydrogen (secondary N) is 1. The van der Waals surface area contributed by atoms with E-state index < -0.39 is 15.6 Å². The third-order valence-corrected chi connectivity index (χ3v) is 5.72. The zero-order valence-electron chi connectivity index (χ0n) is 13.8. The molecule has 23 heavy (non-hydrogen) atoms. The van der Waals surface area contributed by atoms with E-state index in [2.05, 4.69) is 20.7 Å². The predicted molar refractivity (Wildman–Crippen MR) is 93.3 cm³/mol. The van der Waals surface area contributed by atoms with E-state index in [1.807, 2.05) is 20.8 Å². The maximum atomic E-state index is 12.6. The number of benzene rings is 1. The van der Waals surface area contributed by atoms with Crippen LogP contribution in [0, 0.1) is 5.92 Å². The smallest absolute Gasteiger partial charge is 0.244 e. The van der Waals surface area contributed by atoms with Crippen molar-refractivity contribution in [2.45, 2.75) is 44.0 Å². The van der Waals surface area contributed by atoms with E-state index in [4.69, 9.17) is 9.47 Å². The van der Waals surface area contributed by atoms with Gasteiger partial charge in [0.15, 0.2) is 0 Å². The fourth-order valence-corrected chi connectivity index (χ4v) is 4.49. The number of sulfonamides is 1. The first-order valence-corrected chi connectivity index (χ1v) is 9.99. The SMILES string of the molecule is CC(C)(C)NS(=O)(=O)c1cc(Br)ccc1OCC1CCOCC1. The lowest BCUT2D eigenvalue weighted by atomic mass is 10.0. The minimum absolute atomic E-state index is 0.161. The lowest BCUT2D eigenvalue weighted by molar-refractivity contribution is 0.0493. The molecule has 7 heteroatoms. The maximum absolute atomic E-state index is 12.6. The first-order valence-electron chi connectivity index (χ1n) is 7.71. The van der Waals surface area contributed by atoms with Gasteiger partial charge in [0.2, 0.25) is 10.0 Å². The topological polar surface area (TPSA) is 64.6 Å². The second-order valence-electron chi connectivity index (χ2n) is 6.81. The van der Waals surface area contributed by atoms with Crippen LogP contribution in [0.15, 0.2) is 27.6 Å². The Morgan fingerprint density at radius 1 is 1.30 bits per heavy atom. The number of hydrogen-bond acceptors (Lipinski definition) is 4. The Kier molecular flexibility index (Phi) is 6.10. The molecule has 0 aromatic heterocycles. The second kappa shape index (κ2) is 7.51. The van der Waals surface area contributed by atoms with Crippen LogP contribution in [0.25, 0.3) is 0 Å². The fourth-order valence-electron chi connectivity index (χ4n) is 2.39.